The van der Waals surface area contributed by atoms with Crippen LogP contribution in [0.3, 0.4) is 0 Å². The molecule has 100 valence electrons. The molecule has 0 radical (unpaired) electrons. The van der Waals surface area contributed by atoms with Crippen LogP contribution in [0, 0.1) is 5.82 Å². The van der Waals surface area contributed by atoms with E-state index in [2.05, 4.69) is 51.6 Å². The lowest BCUT2D eigenvalue weighted by atomic mass is 10.0. The maximum atomic E-state index is 13.1. The van der Waals surface area contributed by atoms with E-state index in [0.29, 0.717) is 6.54 Å². The summed E-state index contributed by atoms with van der Waals surface area (Å²) in [6, 6.07) is 19.2. The molecule has 0 fully saturated rings. The van der Waals surface area contributed by atoms with Crippen LogP contribution in [0.4, 0.5) is 10.1 Å². The van der Waals surface area contributed by atoms with Crippen molar-refractivity contribution in [3.05, 3.63) is 76.5 Å². The van der Waals surface area contributed by atoms with E-state index in [9.17, 15) is 4.39 Å². The van der Waals surface area contributed by atoms with E-state index < -0.39 is 0 Å². The topological polar surface area (TPSA) is 12.0 Å². The number of halogens is 2. The number of fused-ring (bicyclic) bond motifs is 1. The first kappa shape index (κ1) is 13.1. The molecule has 0 atom stereocenters. The van der Waals surface area contributed by atoms with Crippen LogP contribution in [0.25, 0.3) is 10.8 Å². The highest BCUT2D eigenvalue weighted by atomic mass is 79.9. The first-order valence-electron chi connectivity index (χ1n) is 6.39. The summed E-state index contributed by atoms with van der Waals surface area (Å²) in [5.41, 5.74) is 2.11. The Hall–Kier alpha value is -1.87. The summed E-state index contributed by atoms with van der Waals surface area (Å²) in [6.45, 7) is 0.700. The van der Waals surface area contributed by atoms with Gasteiger partial charge in [-0.1, -0.05) is 42.5 Å². The summed E-state index contributed by atoms with van der Waals surface area (Å²) in [4.78, 5) is 0. The number of hydrogen-bond acceptors (Lipinski definition) is 1. The molecule has 20 heavy (non-hydrogen) atoms. The molecule has 0 amide bonds. The molecule has 0 saturated heterocycles. The molecule has 3 aromatic carbocycles. The summed E-state index contributed by atoms with van der Waals surface area (Å²) in [5.74, 6) is -0.243. The fourth-order valence-corrected chi connectivity index (χ4v) is 2.76. The standard InChI is InChI=1S/C17H13BrFN/c18-16-10-14(19)8-9-17(16)20-11-13-6-3-5-12-4-1-2-7-15(12)13/h1-10,20H,11H2. The summed E-state index contributed by atoms with van der Waals surface area (Å²) >= 11 is 3.37. The van der Waals surface area contributed by atoms with Crippen molar-refractivity contribution in [3.63, 3.8) is 0 Å². The van der Waals surface area contributed by atoms with Gasteiger partial charge in [0.2, 0.25) is 0 Å². The molecule has 0 spiro atoms. The highest BCUT2D eigenvalue weighted by Gasteiger charge is 2.03. The summed E-state index contributed by atoms with van der Waals surface area (Å²) in [7, 11) is 0. The van der Waals surface area contributed by atoms with Gasteiger partial charge in [0.25, 0.3) is 0 Å². The van der Waals surface area contributed by atoms with E-state index in [1.807, 2.05) is 12.1 Å². The molecule has 3 aromatic rings. The Balaban J connectivity index is 1.87. The van der Waals surface area contributed by atoms with E-state index in [0.717, 1.165) is 10.2 Å². The van der Waals surface area contributed by atoms with Gasteiger partial charge in [-0.3, -0.25) is 0 Å². The fraction of sp³-hybridized carbons (Fsp3) is 0.0588. The van der Waals surface area contributed by atoms with Gasteiger partial charge < -0.3 is 5.32 Å². The zero-order chi connectivity index (χ0) is 13.9. The van der Waals surface area contributed by atoms with Gasteiger partial charge in [-0.05, 0) is 50.5 Å². The molecule has 3 rings (SSSR count). The molecular weight excluding hydrogens is 317 g/mol. The average Bonchev–Trinajstić information content (AvgIpc) is 2.46. The van der Waals surface area contributed by atoms with Gasteiger partial charge in [-0.15, -0.1) is 0 Å². The van der Waals surface area contributed by atoms with Gasteiger partial charge in [-0.2, -0.15) is 0 Å². The Morgan fingerprint density at radius 3 is 2.60 bits per heavy atom. The Kier molecular flexibility index (Phi) is 3.70. The van der Waals surface area contributed by atoms with Gasteiger partial charge in [-0.25, -0.2) is 4.39 Å². The molecule has 3 heteroatoms. The second-order valence-electron chi connectivity index (χ2n) is 4.62. The largest absolute Gasteiger partial charge is 0.380 e. The predicted octanol–water partition coefficient (Wildman–Crippen LogP) is 5.35. The predicted molar refractivity (Wildman–Crippen MR) is 85.4 cm³/mol. The Labute approximate surface area is 125 Å². The van der Waals surface area contributed by atoms with Crippen LogP contribution < -0.4 is 5.32 Å². The Morgan fingerprint density at radius 2 is 1.75 bits per heavy atom. The van der Waals surface area contributed by atoms with Crippen LogP contribution in [0.1, 0.15) is 5.56 Å². The zero-order valence-electron chi connectivity index (χ0n) is 10.7. The van der Waals surface area contributed by atoms with E-state index in [4.69, 9.17) is 0 Å². The molecule has 0 aliphatic carbocycles. The smallest absolute Gasteiger partial charge is 0.124 e. The lowest BCUT2D eigenvalue weighted by Gasteiger charge is -2.11. The van der Waals surface area contributed by atoms with E-state index in [-0.39, 0.29) is 5.82 Å². The fourth-order valence-electron chi connectivity index (χ4n) is 2.27. The minimum atomic E-state index is -0.243. The van der Waals surface area contributed by atoms with Crippen molar-refractivity contribution >= 4 is 32.4 Å². The van der Waals surface area contributed by atoms with Crippen molar-refractivity contribution in [2.24, 2.45) is 0 Å². The van der Waals surface area contributed by atoms with Crippen molar-refractivity contribution in [1.29, 1.82) is 0 Å². The molecule has 0 unspecified atom stereocenters. The van der Waals surface area contributed by atoms with Crippen molar-refractivity contribution in [3.8, 4) is 0 Å². The van der Waals surface area contributed by atoms with Gasteiger partial charge in [0.15, 0.2) is 0 Å². The summed E-state index contributed by atoms with van der Waals surface area (Å²) in [5, 5.41) is 5.80. The lowest BCUT2D eigenvalue weighted by Crippen LogP contribution is -2.00. The van der Waals surface area contributed by atoms with Crippen LogP contribution in [-0.2, 0) is 6.54 Å². The van der Waals surface area contributed by atoms with Crippen LogP contribution in [-0.4, -0.2) is 0 Å². The number of rotatable bonds is 3. The Bertz CT molecular complexity index is 750. The Morgan fingerprint density at radius 1 is 0.950 bits per heavy atom. The molecule has 0 aromatic heterocycles. The summed E-state index contributed by atoms with van der Waals surface area (Å²) in [6.07, 6.45) is 0. The van der Waals surface area contributed by atoms with Gasteiger partial charge >= 0.3 is 0 Å². The molecule has 0 heterocycles. The number of hydrogen-bond donors (Lipinski definition) is 1. The van der Waals surface area contributed by atoms with Gasteiger partial charge in [0, 0.05) is 16.7 Å². The highest BCUT2D eigenvalue weighted by Crippen LogP contribution is 2.25. The molecule has 0 saturated carbocycles. The lowest BCUT2D eigenvalue weighted by molar-refractivity contribution is 0.627. The SMILES string of the molecule is Fc1ccc(NCc2cccc3ccccc23)c(Br)c1. The molecular formula is C17H13BrFN. The van der Waals surface area contributed by atoms with Crippen LogP contribution in [0.15, 0.2) is 65.1 Å². The summed E-state index contributed by atoms with van der Waals surface area (Å²) < 4.78 is 13.8. The van der Waals surface area contributed by atoms with Crippen molar-refractivity contribution in [2.75, 3.05) is 5.32 Å². The maximum Gasteiger partial charge on any atom is 0.124 e. The molecule has 0 aliphatic rings. The van der Waals surface area contributed by atoms with Crippen molar-refractivity contribution < 1.29 is 4.39 Å². The second kappa shape index (κ2) is 5.63. The zero-order valence-corrected chi connectivity index (χ0v) is 12.3. The van der Waals surface area contributed by atoms with Gasteiger partial charge in [0.1, 0.15) is 5.82 Å². The van der Waals surface area contributed by atoms with E-state index in [1.54, 1.807) is 6.07 Å². The number of benzene rings is 3. The van der Waals surface area contributed by atoms with Crippen molar-refractivity contribution in [2.45, 2.75) is 6.54 Å². The molecule has 1 N–H and O–H groups in total. The van der Waals surface area contributed by atoms with Crippen LogP contribution >= 0.6 is 15.9 Å². The first-order chi connectivity index (χ1) is 9.74. The van der Waals surface area contributed by atoms with Gasteiger partial charge in [0.05, 0.1) is 0 Å². The maximum absolute atomic E-state index is 13.1. The number of anilines is 1. The number of nitrogens with one attached hydrogen (secondary N) is 1. The average molecular weight is 330 g/mol. The minimum absolute atomic E-state index is 0.243. The first-order valence-corrected chi connectivity index (χ1v) is 7.19. The van der Waals surface area contributed by atoms with Crippen LogP contribution in [0.2, 0.25) is 0 Å². The van der Waals surface area contributed by atoms with E-state index >= 15 is 0 Å². The van der Waals surface area contributed by atoms with Crippen LogP contribution in [0.5, 0.6) is 0 Å². The normalized spacial score (nSPS) is 10.7. The minimum Gasteiger partial charge on any atom is -0.380 e. The second-order valence-corrected chi connectivity index (χ2v) is 5.47. The monoisotopic (exact) mass is 329 g/mol. The van der Waals surface area contributed by atoms with Crippen molar-refractivity contribution in [1.82, 2.24) is 0 Å². The molecule has 1 nitrogen and oxygen atoms in total. The molecule has 0 aliphatic heterocycles. The highest BCUT2D eigenvalue weighted by molar-refractivity contribution is 9.10. The third kappa shape index (κ3) is 2.68. The molecule has 0 bridgehead atoms. The van der Waals surface area contributed by atoms with E-state index in [1.165, 1.54) is 28.5 Å². The third-order valence-electron chi connectivity index (χ3n) is 3.28. The third-order valence-corrected chi connectivity index (χ3v) is 3.94. The quantitative estimate of drug-likeness (QED) is 0.682.